The molecule has 0 saturated carbocycles. The zero-order valence-electron chi connectivity index (χ0n) is 20.4. The molecule has 1 heterocycles. The second-order valence-electron chi connectivity index (χ2n) is 9.52. The first-order chi connectivity index (χ1) is 17.4. The Morgan fingerprint density at radius 3 is 2.05 bits per heavy atom. The topological polar surface area (TPSA) is 12.5 Å². The maximum atomic E-state index is 13.6. The largest absolute Gasteiger partial charge is 0.496 e. The second kappa shape index (κ2) is 10.4. The van der Waals surface area contributed by atoms with Crippen molar-refractivity contribution in [2.75, 3.05) is 20.2 Å². The van der Waals surface area contributed by atoms with E-state index in [1.807, 2.05) is 30.3 Å². The number of ether oxygens (including phenoxy) is 1. The van der Waals surface area contributed by atoms with Crippen molar-refractivity contribution >= 4 is 0 Å². The van der Waals surface area contributed by atoms with Gasteiger partial charge in [0.2, 0.25) is 0 Å². The monoisotopic (exact) mass is 520 g/mol. The quantitative estimate of drug-likeness (QED) is 0.307. The Labute approximate surface area is 212 Å². The lowest BCUT2D eigenvalue weighted by atomic mass is 9.79. The van der Waals surface area contributed by atoms with Crippen LogP contribution in [-0.2, 0) is 24.3 Å². The Hall–Kier alpha value is -3.00. The first-order valence-corrected chi connectivity index (χ1v) is 12.0. The van der Waals surface area contributed by atoms with Crippen molar-refractivity contribution in [3.63, 3.8) is 0 Å². The third-order valence-electron chi connectivity index (χ3n) is 7.05. The smallest absolute Gasteiger partial charge is 0.416 e. The predicted molar refractivity (Wildman–Crippen MR) is 130 cm³/mol. The number of rotatable bonds is 6. The number of piperidine rings is 1. The minimum atomic E-state index is -4.92. The number of para-hydroxylation sites is 1. The SMILES string of the molecule is [CH2]C(Cc1cc(C(F)(F)F)cc(C(F)(F)F)c1)(c1ccccc1OC)N1CCCC(c2ccccc2)C1. The molecule has 1 fully saturated rings. The molecular formula is C29H28F6NO. The molecule has 1 aliphatic rings. The molecule has 0 aliphatic carbocycles. The molecule has 4 rings (SSSR count). The molecule has 197 valence electrons. The van der Waals surface area contributed by atoms with Gasteiger partial charge in [-0.15, -0.1) is 0 Å². The number of benzene rings is 3. The summed E-state index contributed by atoms with van der Waals surface area (Å²) in [5.41, 5.74) is -2.19. The van der Waals surface area contributed by atoms with E-state index in [0.29, 0.717) is 24.4 Å². The summed E-state index contributed by atoms with van der Waals surface area (Å²) in [6, 6.07) is 18.7. The summed E-state index contributed by atoms with van der Waals surface area (Å²) in [5, 5.41) is 0. The molecule has 0 aromatic heterocycles. The summed E-state index contributed by atoms with van der Waals surface area (Å²) in [7, 11) is 1.48. The zero-order chi connectivity index (χ0) is 26.8. The van der Waals surface area contributed by atoms with Crippen LogP contribution in [0.4, 0.5) is 26.3 Å². The Balaban J connectivity index is 1.81. The highest BCUT2D eigenvalue weighted by molar-refractivity contribution is 5.43. The Morgan fingerprint density at radius 1 is 0.865 bits per heavy atom. The van der Waals surface area contributed by atoms with Gasteiger partial charge >= 0.3 is 12.4 Å². The molecule has 0 bridgehead atoms. The van der Waals surface area contributed by atoms with Gasteiger partial charge in [-0.25, -0.2) is 0 Å². The molecule has 3 aromatic carbocycles. The van der Waals surface area contributed by atoms with Gasteiger partial charge in [-0.3, -0.25) is 4.90 Å². The zero-order valence-corrected chi connectivity index (χ0v) is 20.4. The van der Waals surface area contributed by atoms with Gasteiger partial charge in [-0.05, 0) is 74.0 Å². The lowest BCUT2D eigenvalue weighted by Crippen LogP contribution is -2.50. The van der Waals surface area contributed by atoms with Gasteiger partial charge in [0, 0.05) is 12.1 Å². The van der Waals surface area contributed by atoms with Gasteiger partial charge in [-0.2, -0.15) is 26.3 Å². The van der Waals surface area contributed by atoms with Crippen LogP contribution >= 0.6 is 0 Å². The number of likely N-dealkylation sites (tertiary alicyclic amines) is 1. The van der Waals surface area contributed by atoms with E-state index < -0.39 is 29.0 Å². The van der Waals surface area contributed by atoms with Gasteiger partial charge in [0.1, 0.15) is 5.75 Å². The van der Waals surface area contributed by atoms with Gasteiger partial charge in [0.15, 0.2) is 0 Å². The first kappa shape index (κ1) is 27.0. The minimum absolute atomic E-state index is 0.0927. The highest BCUT2D eigenvalue weighted by Gasteiger charge is 2.41. The van der Waals surface area contributed by atoms with E-state index >= 15 is 0 Å². The van der Waals surface area contributed by atoms with Gasteiger partial charge in [-0.1, -0.05) is 48.5 Å². The number of methoxy groups -OCH3 is 1. The highest BCUT2D eigenvalue weighted by Crippen LogP contribution is 2.43. The van der Waals surface area contributed by atoms with Crippen LogP contribution < -0.4 is 4.74 Å². The van der Waals surface area contributed by atoms with Crippen molar-refractivity contribution in [2.24, 2.45) is 0 Å². The molecule has 1 saturated heterocycles. The third-order valence-corrected chi connectivity index (χ3v) is 7.05. The van der Waals surface area contributed by atoms with Crippen molar-refractivity contribution in [3.8, 4) is 5.75 Å². The Kier molecular flexibility index (Phi) is 7.60. The lowest BCUT2D eigenvalue weighted by Gasteiger charge is -2.46. The first-order valence-electron chi connectivity index (χ1n) is 12.0. The average molecular weight is 521 g/mol. The van der Waals surface area contributed by atoms with Gasteiger partial charge in [0.05, 0.1) is 23.8 Å². The molecule has 1 radical (unpaired) electrons. The predicted octanol–water partition coefficient (Wildman–Crippen LogP) is 7.88. The normalized spacial score (nSPS) is 18.9. The van der Waals surface area contributed by atoms with Crippen LogP contribution in [0.25, 0.3) is 0 Å². The van der Waals surface area contributed by atoms with Crippen molar-refractivity contribution in [2.45, 2.75) is 43.1 Å². The summed E-state index contributed by atoms with van der Waals surface area (Å²) in [6.07, 6.45) is -8.28. The van der Waals surface area contributed by atoms with E-state index in [0.717, 1.165) is 30.5 Å². The van der Waals surface area contributed by atoms with Crippen molar-refractivity contribution < 1.29 is 31.1 Å². The van der Waals surface area contributed by atoms with Crippen molar-refractivity contribution in [1.29, 1.82) is 0 Å². The van der Waals surface area contributed by atoms with Crippen LogP contribution in [0.5, 0.6) is 5.75 Å². The highest BCUT2D eigenvalue weighted by atomic mass is 19.4. The fourth-order valence-corrected chi connectivity index (χ4v) is 5.23. The lowest BCUT2D eigenvalue weighted by molar-refractivity contribution is -0.143. The van der Waals surface area contributed by atoms with E-state index in [4.69, 9.17) is 4.74 Å². The molecule has 0 amide bonds. The molecule has 3 aromatic rings. The second-order valence-corrected chi connectivity index (χ2v) is 9.52. The summed E-state index contributed by atoms with van der Waals surface area (Å²) < 4.78 is 87.1. The molecule has 0 spiro atoms. The molecule has 37 heavy (non-hydrogen) atoms. The molecule has 2 atom stereocenters. The fraction of sp³-hybridized carbons (Fsp3) is 0.345. The van der Waals surface area contributed by atoms with Crippen molar-refractivity contribution in [1.82, 2.24) is 4.90 Å². The van der Waals surface area contributed by atoms with Crippen LogP contribution in [0.1, 0.15) is 46.6 Å². The number of halogens is 6. The summed E-state index contributed by atoms with van der Waals surface area (Å²) in [6.45, 7) is 5.61. The fourth-order valence-electron chi connectivity index (χ4n) is 5.23. The summed E-state index contributed by atoms with van der Waals surface area (Å²) >= 11 is 0. The molecule has 1 aliphatic heterocycles. The Morgan fingerprint density at radius 2 is 1.46 bits per heavy atom. The molecule has 8 heteroatoms. The summed E-state index contributed by atoms with van der Waals surface area (Å²) in [4.78, 5) is 2.07. The maximum absolute atomic E-state index is 13.6. The van der Waals surface area contributed by atoms with Crippen LogP contribution in [0.2, 0.25) is 0 Å². The third kappa shape index (κ3) is 5.95. The van der Waals surface area contributed by atoms with Crippen molar-refractivity contribution in [3.05, 3.63) is 108 Å². The average Bonchev–Trinajstić information content (AvgIpc) is 2.88. The molecular weight excluding hydrogens is 492 g/mol. The molecule has 0 N–H and O–H groups in total. The number of nitrogens with zero attached hydrogens (tertiary/aromatic N) is 1. The standard InChI is InChI=1S/C29H28F6NO/c1-27(25-12-6-7-13-26(25)37-2,36-14-8-11-22(19-36)21-9-4-3-5-10-21)18-20-15-23(28(30,31)32)17-24(16-20)29(33,34)35/h3-7,9-10,12-13,15-17,22H,1,8,11,14,18-19H2,2H3. The van der Waals surface area contributed by atoms with Crippen LogP contribution in [-0.4, -0.2) is 25.1 Å². The van der Waals surface area contributed by atoms with Crippen LogP contribution in [0, 0.1) is 6.92 Å². The maximum Gasteiger partial charge on any atom is 0.416 e. The number of hydrogen-bond donors (Lipinski definition) is 0. The van der Waals surface area contributed by atoms with Gasteiger partial charge in [0.25, 0.3) is 0 Å². The molecule has 2 unspecified atom stereocenters. The van der Waals surface area contributed by atoms with E-state index in [2.05, 4.69) is 11.8 Å². The van der Waals surface area contributed by atoms with E-state index in [9.17, 15) is 26.3 Å². The van der Waals surface area contributed by atoms with Crippen LogP contribution in [0.3, 0.4) is 0 Å². The Bertz CT molecular complexity index is 1170. The number of hydrogen-bond acceptors (Lipinski definition) is 2. The van der Waals surface area contributed by atoms with Gasteiger partial charge < -0.3 is 4.74 Å². The minimum Gasteiger partial charge on any atom is -0.496 e. The van der Waals surface area contributed by atoms with E-state index in [1.54, 1.807) is 24.3 Å². The van der Waals surface area contributed by atoms with E-state index in [-0.39, 0.29) is 24.0 Å². The number of alkyl halides is 6. The summed E-state index contributed by atoms with van der Waals surface area (Å²) in [5.74, 6) is 0.625. The van der Waals surface area contributed by atoms with Crippen LogP contribution in [0.15, 0.2) is 72.8 Å². The van der Waals surface area contributed by atoms with E-state index in [1.165, 1.54) is 7.11 Å². The molecule has 2 nitrogen and oxygen atoms in total.